The van der Waals surface area contributed by atoms with E-state index in [2.05, 4.69) is 41.3 Å². The van der Waals surface area contributed by atoms with Crippen LogP contribution >= 0.6 is 22.9 Å². The highest BCUT2D eigenvalue weighted by molar-refractivity contribution is 7.19. The van der Waals surface area contributed by atoms with Gasteiger partial charge in [-0.25, -0.2) is 9.50 Å². The molecule has 2 heterocycles. The van der Waals surface area contributed by atoms with Crippen LogP contribution in [0.5, 0.6) is 0 Å². The summed E-state index contributed by atoms with van der Waals surface area (Å²) in [4.78, 5) is 5.53. The van der Waals surface area contributed by atoms with E-state index in [0.29, 0.717) is 5.02 Å². The van der Waals surface area contributed by atoms with Crippen LogP contribution in [0, 0.1) is 6.92 Å². The Kier molecular flexibility index (Phi) is 3.21. The third-order valence-corrected chi connectivity index (χ3v) is 4.78. The smallest absolute Gasteiger partial charge is 0.213 e. The van der Waals surface area contributed by atoms with Gasteiger partial charge in [0.25, 0.3) is 0 Å². The van der Waals surface area contributed by atoms with Crippen LogP contribution in [0.3, 0.4) is 0 Å². The van der Waals surface area contributed by atoms with Gasteiger partial charge in [-0.05, 0) is 13.0 Å². The Morgan fingerprint density at radius 2 is 1.82 bits per heavy atom. The van der Waals surface area contributed by atoms with Crippen LogP contribution < -0.4 is 0 Å². The Morgan fingerprint density at radius 3 is 2.55 bits per heavy atom. The third kappa shape index (κ3) is 2.30. The molecule has 22 heavy (non-hydrogen) atoms. The molecule has 4 rings (SSSR count). The van der Waals surface area contributed by atoms with Crippen molar-refractivity contribution >= 4 is 27.9 Å². The number of rotatable bonds is 2. The van der Waals surface area contributed by atoms with Crippen LogP contribution in [-0.2, 0) is 0 Å². The highest BCUT2D eigenvalue weighted by atomic mass is 35.5. The summed E-state index contributed by atoms with van der Waals surface area (Å²) in [6.07, 6.45) is 1.96. The van der Waals surface area contributed by atoms with Gasteiger partial charge >= 0.3 is 0 Å². The van der Waals surface area contributed by atoms with E-state index in [1.807, 2.05) is 35.0 Å². The molecule has 0 saturated carbocycles. The van der Waals surface area contributed by atoms with Crippen molar-refractivity contribution < 1.29 is 0 Å². The molecule has 0 aliphatic carbocycles. The van der Waals surface area contributed by atoms with E-state index < -0.39 is 0 Å². The first kappa shape index (κ1) is 13.5. The second-order valence-electron chi connectivity index (χ2n) is 5.11. The quantitative estimate of drug-likeness (QED) is 0.514. The zero-order valence-electron chi connectivity index (χ0n) is 11.8. The molecule has 0 aliphatic rings. The molecule has 0 fully saturated rings. The first-order chi connectivity index (χ1) is 10.7. The van der Waals surface area contributed by atoms with Crippen molar-refractivity contribution in [2.24, 2.45) is 0 Å². The van der Waals surface area contributed by atoms with Crippen LogP contribution in [0.1, 0.15) is 5.56 Å². The molecule has 0 aliphatic heterocycles. The highest BCUT2D eigenvalue weighted by Gasteiger charge is 2.12. The first-order valence-corrected chi connectivity index (χ1v) is 8.08. The number of benzene rings is 2. The standard InChI is InChI=1S/C17H12ClN3S/c1-11-6-8-12(9-7-11)15-10-21-17(19-15)22-16(20-21)13-4-2-3-5-14(13)18/h2-10H,1H3. The normalized spacial score (nSPS) is 11.2. The van der Waals surface area contributed by atoms with Crippen molar-refractivity contribution in [2.45, 2.75) is 6.92 Å². The molecule has 0 spiro atoms. The van der Waals surface area contributed by atoms with Crippen molar-refractivity contribution in [1.82, 2.24) is 14.6 Å². The second kappa shape index (κ2) is 5.23. The predicted molar refractivity (Wildman–Crippen MR) is 91.5 cm³/mol. The number of imidazole rings is 1. The maximum atomic E-state index is 6.23. The van der Waals surface area contributed by atoms with E-state index in [4.69, 9.17) is 11.6 Å². The minimum absolute atomic E-state index is 0.707. The van der Waals surface area contributed by atoms with E-state index in [1.165, 1.54) is 16.9 Å². The average Bonchev–Trinajstić information content (AvgIpc) is 3.07. The Hall–Kier alpha value is -2.17. The summed E-state index contributed by atoms with van der Waals surface area (Å²) in [5, 5.41) is 6.18. The van der Waals surface area contributed by atoms with Gasteiger partial charge in [0, 0.05) is 11.1 Å². The monoisotopic (exact) mass is 325 g/mol. The Morgan fingerprint density at radius 1 is 1.05 bits per heavy atom. The largest absolute Gasteiger partial charge is 0.217 e. The van der Waals surface area contributed by atoms with Crippen LogP contribution in [-0.4, -0.2) is 14.6 Å². The summed E-state index contributed by atoms with van der Waals surface area (Å²) in [7, 11) is 0. The minimum atomic E-state index is 0.707. The predicted octanol–water partition coefficient (Wildman–Crippen LogP) is 5.09. The molecule has 0 atom stereocenters. The number of hydrogen-bond acceptors (Lipinski definition) is 3. The summed E-state index contributed by atoms with van der Waals surface area (Å²) in [5.41, 5.74) is 4.22. The van der Waals surface area contributed by atoms with Crippen molar-refractivity contribution in [3.8, 4) is 21.8 Å². The van der Waals surface area contributed by atoms with Gasteiger partial charge in [-0.15, -0.1) is 0 Å². The molecule has 5 heteroatoms. The van der Waals surface area contributed by atoms with Gasteiger partial charge in [-0.1, -0.05) is 71.0 Å². The maximum Gasteiger partial charge on any atom is 0.213 e. The van der Waals surface area contributed by atoms with E-state index in [-0.39, 0.29) is 0 Å². The van der Waals surface area contributed by atoms with Crippen molar-refractivity contribution in [2.75, 3.05) is 0 Å². The average molecular weight is 326 g/mol. The summed E-state index contributed by atoms with van der Waals surface area (Å²) < 4.78 is 1.82. The van der Waals surface area contributed by atoms with Gasteiger partial charge in [0.15, 0.2) is 0 Å². The lowest BCUT2D eigenvalue weighted by Gasteiger charge is -1.98. The zero-order valence-corrected chi connectivity index (χ0v) is 13.4. The molecule has 2 aromatic heterocycles. The molecule has 0 N–H and O–H groups in total. The van der Waals surface area contributed by atoms with Crippen molar-refractivity contribution in [3.05, 3.63) is 65.3 Å². The molecule has 4 aromatic rings. The lowest BCUT2D eigenvalue weighted by molar-refractivity contribution is 0.978. The van der Waals surface area contributed by atoms with Gasteiger partial charge in [0.1, 0.15) is 5.01 Å². The number of nitrogens with zero attached hydrogens (tertiary/aromatic N) is 3. The molecule has 0 bridgehead atoms. The van der Waals surface area contributed by atoms with Crippen molar-refractivity contribution in [3.63, 3.8) is 0 Å². The third-order valence-electron chi connectivity index (χ3n) is 3.49. The molecule has 2 aromatic carbocycles. The molecular weight excluding hydrogens is 314 g/mol. The van der Waals surface area contributed by atoms with E-state index in [9.17, 15) is 0 Å². The van der Waals surface area contributed by atoms with Crippen LogP contribution in [0.15, 0.2) is 54.7 Å². The molecular formula is C17H12ClN3S. The summed E-state index contributed by atoms with van der Waals surface area (Å²) >= 11 is 7.77. The highest BCUT2D eigenvalue weighted by Crippen LogP contribution is 2.32. The summed E-state index contributed by atoms with van der Waals surface area (Å²) in [6, 6.07) is 16.1. The first-order valence-electron chi connectivity index (χ1n) is 6.89. The Bertz CT molecular complexity index is 922. The van der Waals surface area contributed by atoms with E-state index in [1.54, 1.807) is 0 Å². The van der Waals surface area contributed by atoms with Crippen LogP contribution in [0.25, 0.3) is 26.8 Å². The van der Waals surface area contributed by atoms with Crippen LogP contribution in [0.2, 0.25) is 5.02 Å². The molecule has 0 radical (unpaired) electrons. The number of aryl methyl sites for hydroxylation is 1. The fourth-order valence-electron chi connectivity index (χ4n) is 2.31. The van der Waals surface area contributed by atoms with E-state index >= 15 is 0 Å². The second-order valence-corrected chi connectivity index (χ2v) is 6.47. The van der Waals surface area contributed by atoms with Gasteiger partial charge < -0.3 is 0 Å². The molecule has 108 valence electrons. The molecule has 0 amide bonds. The molecule has 3 nitrogen and oxygen atoms in total. The fourth-order valence-corrected chi connectivity index (χ4v) is 3.51. The van der Waals surface area contributed by atoms with Gasteiger partial charge in [-0.2, -0.15) is 5.10 Å². The van der Waals surface area contributed by atoms with Gasteiger partial charge in [0.2, 0.25) is 4.96 Å². The zero-order chi connectivity index (χ0) is 15.1. The van der Waals surface area contributed by atoms with Crippen LogP contribution in [0.4, 0.5) is 0 Å². The number of hydrogen-bond donors (Lipinski definition) is 0. The van der Waals surface area contributed by atoms with E-state index in [0.717, 1.165) is 26.8 Å². The summed E-state index contributed by atoms with van der Waals surface area (Å²) in [6.45, 7) is 2.08. The van der Waals surface area contributed by atoms with Gasteiger partial charge in [0.05, 0.1) is 16.9 Å². The van der Waals surface area contributed by atoms with Gasteiger partial charge in [-0.3, -0.25) is 0 Å². The Balaban J connectivity index is 1.77. The number of aromatic nitrogens is 3. The number of fused-ring (bicyclic) bond motifs is 1. The maximum absolute atomic E-state index is 6.23. The molecule has 0 unspecified atom stereocenters. The minimum Gasteiger partial charge on any atom is -0.217 e. The fraction of sp³-hybridized carbons (Fsp3) is 0.0588. The number of halogens is 1. The lowest BCUT2D eigenvalue weighted by atomic mass is 10.1. The SMILES string of the molecule is Cc1ccc(-c2cn3nc(-c4ccccc4Cl)sc3n2)cc1. The summed E-state index contributed by atoms with van der Waals surface area (Å²) in [5.74, 6) is 0. The lowest BCUT2D eigenvalue weighted by Crippen LogP contribution is -1.83. The molecule has 0 saturated heterocycles. The Labute approximate surface area is 136 Å². The topological polar surface area (TPSA) is 30.2 Å². The van der Waals surface area contributed by atoms with Crippen molar-refractivity contribution in [1.29, 1.82) is 0 Å².